The molecular formula is C63H122O6. The van der Waals surface area contributed by atoms with E-state index in [-0.39, 0.29) is 31.1 Å². The lowest BCUT2D eigenvalue weighted by Crippen LogP contribution is -2.30. The molecule has 0 heterocycles. The molecule has 0 aromatic carbocycles. The van der Waals surface area contributed by atoms with Crippen molar-refractivity contribution in [1.29, 1.82) is 0 Å². The van der Waals surface area contributed by atoms with Crippen LogP contribution in [0.1, 0.15) is 356 Å². The van der Waals surface area contributed by atoms with E-state index in [0.717, 1.165) is 69.6 Å². The van der Waals surface area contributed by atoms with Crippen LogP contribution in [-0.4, -0.2) is 37.2 Å². The van der Waals surface area contributed by atoms with Crippen LogP contribution in [0.3, 0.4) is 0 Å². The molecule has 0 rings (SSSR count). The molecule has 6 heteroatoms. The lowest BCUT2D eigenvalue weighted by atomic mass is 10.0. The number of unbranched alkanes of at least 4 members (excludes halogenated alkanes) is 42. The largest absolute Gasteiger partial charge is 0.462 e. The summed E-state index contributed by atoms with van der Waals surface area (Å²) >= 11 is 0. The SMILES string of the molecule is CCCCCCCCCCCCCCCCCCCC(=O)OC[C@H](COC(=O)CCCCCCCCCCCCCCC(C)C)OC(=O)CCCCCCCCCCCCCCCCCCC(C)C. The van der Waals surface area contributed by atoms with Gasteiger partial charge in [0.1, 0.15) is 13.2 Å². The molecule has 0 radical (unpaired) electrons. The standard InChI is InChI=1S/C63H122O6/c1-6-7-8-9-10-11-12-13-14-15-19-22-28-33-38-43-48-53-61(64)67-56-60(57-68-62(65)54-49-44-39-34-29-25-24-27-32-37-42-47-52-59(4)5)69-63(66)55-50-45-40-35-30-23-20-17-16-18-21-26-31-36-41-46-51-58(2)3/h58-60H,6-57H2,1-5H3/t60-/m1/s1. The van der Waals surface area contributed by atoms with Crippen molar-refractivity contribution in [3.8, 4) is 0 Å². The molecule has 0 spiro atoms. The Morgan fingerprint density at radius 2 is 0.478 bits per heavy atom. The van der Waals surface area contributed by atoms with E-state index in [1.54, 1.807) is 0 Å². The first-order valence-corrected chi connectivity index (χ1v) is 31.2. The minimum Gasteiger partial charge on any atom is -0.462 e. The maximum atomic E-state index is 12.9. The van der Waals surface area contributed by atoms with E-state index in [1.807, 2.05) is 0 Å². The minimum atomic E-state index is -0.763. The summed E-state index contributed by atoms with van der Waals surface area (Å²) in [5, 5.41) is 0. The molecule has 0 aromatic heterocycles. The van der Waals surface area contributed by atoms with Crippen molar-refractivity contribution in [2.45, 2.75) is 362 Å². The van der Waals surface area contributed by atoms with Gasteiger partial charge in [0.05, 0.1) is 0 Å². The van der Waals surface area contributed by atoms with Crippen molar-refractivity contribution >= 4 is 17.9 Å². The van der Waals surface area contributed by atoms with E-state index in [9.17, 15) is 14.4 Å². The van der Waals surface area contributed by atoms with E-state index in [4.69, 9.17) is 14.2 Å². The van der Waals surface area contributed by atoms with Gasteiger partial charge in [-0.25, -0.2) is 0 Å². The Morgan fingerprint density at radius 1 is 0.275 bits per heavy atom. The zero-order valence-electron chi connectivity index (χ0n) is 47.5. The topological polar surface area (TPSA) is 78.9 Å². The van der Waals surface area contributed by atoms with Gasteiger partial charge in [-0.2, -0.15) is 0 Å². The predicted molar refractivity (Wildman–Crippen MR) is 298 cm³/mol. The summed E-state index contributed by atoms with van der Waals surface area (Å²) in [5.74, 6) is 0.853. The van der Waals surface area contributed by atoms with Crippen molar-refractivity contribution in [1.82, 2.24) is 0 Å². The third-order valence-electron chi connectivity index (χ3n) is 14.5. The highest BCUT2D eigenvalue weighted by atomic mass is 16.6. The first-order valence-electron chi connectivity index (χ1n) is 31.2. The molecule has 410 valence electrons. The highest BCUT2D eigenvalue weighted by Crippen LogP contribution is 2.19. The van der Waals surface area contributed by atoms with Crippen LogP contribution in [0.25, 0.3) is 0 Å². The van der Waals surface area contributed by atoms with Gasteiger partial charge in [-0.05, 0) is 31.1 Å². The monoisotopic (exact) mass is 975 g/mol. The van der Waals surface area contributed by atoms with Gasteiger partial charge in [-0.1, -0.05) is 317 Å². The zero-order valence-corrected chi connectivity index (χ0v) is 47.5. The van der Waals surface area contributed by atoms with E-state index < -0.39 is 6.10 Å². The number of hydrogen-bond donors (Lipinski definition) is 0. The minimum absolute atomic E-state index is 0.0620. The van der Waals surface area contributed by atoms with Crippen molar-refractivity contribution < 1.29 is 28.6 Å². The van der Waals surface area contributed by atoms with Gasteiger partial charge < -0.3 is 14.2 Å². The average Bonchev–Trinajstić information content (AvgIpc) is 3.32. The molecule has 6 nitrogen and oxygen atoms in total. The Balaban J connectivity index is 4.29. The maximum absolute atomic E-state index is 12.9. The van der Waals surface area contributed by atoms with Crippen molar-refractivity contribution in [3.05, 3.63) is 0 Å². The first-order chi connectivity index (χ1) is 33.7. The van der Waals surface area contributed by atoms with Crippen LogP contribution >= 0.6 is 0 Å². The molecule has 0 fully saturated rings. The Kier molecular flexibility index (Phi) is 54.4. The van der Waals surface area contributed by atoms with Crippen LogP contribution < -0.4 is 0 Å². The van der Waals surface area contributed by atoms with Gasteiger partial charge >= 0.3 is 17.9 Å². The number of carbonyl (C=O) groups excluding carboxylic acids is 3. The van der Waals surface area contributed by atoms with E-state index in [0.29, 0.717) is 19.3 Å². The number of ether oxygens (including phenoxy) is 3. The smallest absolute Gasteiger partial charge is 0.306 e. The van der Waals surface area contributed by atoms with Crippen LogP contribution in [0, 0.1) is 11.8 Å². The van der Waals surface area contributed by atoms with E-state index in [2.05, 4.69) is 34.6 Å². The first kappa shape index (κ1) is 67.4. The molecule has 1 atom stereocenters. The van der Waals surface area contributed by atoms with Crippen LogP contribution in [0.4, 0.5) is 0 Å². The van der Waals surface area contributed by atoms with Crippen LogP contribution in [0.5, 0.6) is 0 Å². The van der Waals surface area contributed by atoms with Crippen LogP contribution in [0.15, 0.2) is 0 Å². The summed E-state index contributed by atoms with van der Waals surface area (Å²) in [6.07, 6.45) is 61.0. The number of carbonyl (C=O) groups is 3. The van der Waals surface area contributed by atoms with Gasteiger partial charge in [-0.15, -0.1) is 0 Å². The Bertz CT molecular complexity index is 1060. The van der Waals surface area contributed by atoms with E-state index in [1.165, 1.54) is 244 Å². The molecule has 0 N–H and O–H groups in total. The molecule has 0 saturated carbocycles. The number of hydrogen-bond acceptors (Lipinski definition) is 6. The average molecular weight is 976 g/mol. The third-order valence-corrected chi connectivity index (χ3v) is 14.5. The summed E-state index contributed by atoms with van der Waals surface area (Å²) in [5.41, 5.74) is 0. The maximum Gasteiger partial charge on any atom is 0.306 e. The predicted octanol–water partition coefficient (Wildman–Crippen LogP) is 20.8. The zero-order chi connectivity index (χ0) is 50.4. The summed E-state index contributed by atoms with van der Waals surface area (Å²) < 4.78 is 16.9. The van der Waals surface area contributed by atoms with Crippen LogP contribution in [0.2, 0.25) is 0 Å². The van der Waals surface area contributed by atoms with Crippen molar-refractivity contribution in [2.75, 3.05) is 13.2 Å². The second-order valence-electron chi connectivity index (χ2n) is 22.6. The molecule has 0 saturated heterocycles. The van der Waals surface area contributed by atoms with Crippen LogP contribution in [-0.2, 0) is 28.6 Å². The molecular weight excluding hydrogens is 853 g/mol. The fraction of sp³-hybridized carbons (Fsp3) is 0.952. The summed E-state index contributed by atoms with van der Waals surface area (Å²) in [6.45, 7) is 11.4. The molecule has 0 aromatic rings. The molecule has 0 unspecified atom stereocenters. The quantitative estimate of drug-likeness (QED) is 0.0343. The number of rotatable bonds is 57. The fourth-order valence-corrected chi connectivity index (χ4v) is 9.76. The highest BCUT2D eigenvalue weighted by Gasteiger charge is 2.19. The van der Waals surface area contributed by atoms with Gasteiger partial charge in [0.2, 0.25) is 0 Å². The second kappa shape index (κ2) is 55.7. The molecule has 0 bridgehead atoms. The Hall–Kier alpha value is -1.59. The molecule has 0 amide bonds. The lowest BCUT2D eigenvalue weighted by molar-refractivity contribution is -0.167. The van der Waals surface area contributed by atoms with Gasteiger partial charge in [0, 0.05) is 19.3 Å². The summed E-state index contributed by atoms with van der Waals surface area (Å²) in [6, 6.07) is 0. The third kappa shape index (κ3) is 57.2. The van der Waals surface area contributed by atoms with Gasteiger partial charge in [-0.3, -0.25) is 14.4 Å². The molecule has 0 aliphatic heterocycles. The van der Waals surface area contributed by atoms with Crippen molar-refractivity contribution in [3.63, 3.8) is 0 Å². The lowest BCUT2D eigenvalue weighted by Gasteiger charge is -2.18. The number of esters is 3. The Labute approximate surface area is 431 Å². The van der Waals surface area contributed by atoms with Gasteiger partial charge in [0.25, 0.3) is 0 Å². The van der Waals surface area contributed by atoms with E-state index >= 15 is 0 Å². The fourth-order valence-electron chi connectivity index (χ4n) is 9.76. The molecule has 69 heavy (non-hydrogen) atoms. The van der Waals surface area contributed by atoms with Gasteiger partial charge in [0.15, 0.2) is 6.10 Å². The molecule has 0 aliphatic carbocycles. The highest BCUT2D eigenvalue weighted by molar-refractivity contribution is 5.71. The molecule has 0 aliphatic rings. The summed E-state index contributed by atoms with van der Waals surface area (Å²) in [7, 11) is 0. The Morgan fingerprint density at radius 3 is 0.710 bits per heavy atom. The normalized spacial score (nSPS) is 12.0. The second-order valence-corrected chi connectivity index (χ2v) is 22.6. The van der Waals surface area contributed by atoms with Crippen molar-refractivity contribution in [2.24, 2.45) is 11.8 Å². The summed E-state index contributed by atoms with van der Waals surface area (Å²) in [4.78, 5) is 38.3.